The molecule has 3 heterocycles. The van der Waals surface area contributed by atoms with Crippen LogP contribution in [0, 0.1) is 23.5 Å². The van der Waals surface area contributed by atoms with Crippen molar-refractivity contribution in [3.05, 3.63) is 59.9 Å². The number of hydrogen-bond acceptors (Lipinski definition) is 7. The maximum atomic E-state index is 14.7. The summed E-state index contributed by atoms with van der Waals surface area (Å²) in [6.07, 6.45) is 2.88. The largest absolute Gasteiger partial charge is 0.497 e. The van der Waals surface area contributed by atoms with E-state index in [4.69, 9.17) is 4.74 Å². The highest BCUT2D eigenvalue weighted by Gasteiger charge is 2.34. The van der Waals surface area contributed by atoms with Gasteiger partial charge in [-0.15, -0.1) is 11.8 Å². The smallest absolute Gasteiger partial charge is 0.308 e. The second-order valence-corrected chi connectivity index (χ2v) is 10.0. The number of pyridine rings is 2. The number of aliphatic hydroxyl groups is 1. The van der Waals surface area contributed by atoms with Gasteiger partial charge in [0.1, 0.15) is 16.6 Å². The molecule has 0 radical (unpaired) electrons. The lowest BCUT2D eigenvalue weighted by Gasteiger charge is -2.36. The van der Waals surface area contributed by atoms with Crippen LogP contribution in [0.15, 0.2) is 47.8 Å². The number of nitrogens with zero attached hydrogens (tertiary/aromatic N) is 3. The van der Waals surface area contributed by atoms with Crippen LogP contribution in [0.3, 0.4) is 0 Å². The van der Waals surface area contributed by atoms with Crippen LogP contribution in [0.2, 0.25) is 0 Å². The molecule has 10 heteroatoms. The van der Waals surface area contributed by atoms with E-state index in [1.807, 2.05) is 0 Å². The van der Waals surface area contributed by atoms with Gasteiger partial charge in [-0.05, 0) is 62.1 Å². The first-order valence-electron chi connectivity index (χ1n) is 11.9. The average Bonchev–Trinajstić information content (AvgIpc) is 2.88. The molecular formula is C26H29F2N3O4S. The molecule has 192 valence electrons. The number of hydrogen-bond donors (Lipinski definition) is 2. The minimum Gasteiger partial charge on any atom is -0.497 e. The summed E-state index contributed by atoms with van der Waals surface area (Å²) in [6.45, 7) is 1.71. The number of rotatable bonds is 10. The molecule has 0 unspecified atom stereocenters. The number of aliphatic hydroxyl groups excluding tert-OH is 1. The number of benzene rings is 1. The van der Waals surface area contributed by atoms with Crippen molar-refractivity contribution in [3.63, 3.8) is 0 Å². The number of halogens is 2. The zero-order chi connectivity index (χ0) is 25.7. The molecule has 36 heavy (non-hydrogen) atoms. The van der Waals surface area contributed by atoms with Crippen molar-refractivity contribution in [2.45, 2.75) is 30.4 Å². The summed E-state index contributed by atoms with van der Waals surface area (Å²) >= 11 is 1.31. The van der Waals surface area contributed by atoms with Gasteiger partial charge in [0.2, 0.25) is 0 Å². The molecule has 1 aliphatic rings. The van der Waals surface area contributed by atoms with Crippen LogP contribution in [0.5, 0.6) is 5.75 Å². The number of carboxylic acid groups (broad SMARTS) is 1. The number of likely N-dealkylation sites (tertiary alicyclic amines) is 1. The molecule has 2 aromatic heterocycles. The van der Waals surface area contributed by atoms with Gasteiger partial charge in [-0.1, -0.05) is 0 Å². The average molecular weight is 518 g/mol. The number of ether oxygens (including phenoxy) is 1. The van der Waals surface area contributed by atoms with Crippen LogP contribution >= 0.6 is 11.8 Å². The Morgan fingerprint density at radius 3 is 2.86 bits per heavy atom. The van der Waals surface area contributed by atoms with E-state index in [0.29, 0.717) is 59.9 Å². The first-order chi connectivity index (χ1) is 17.4. The quantitative estimate of drug-likeness (QED) is 0.379. The van der Waals surface area contributed by atoms with Crippen molar-refractivity contribution in [3.8, 4) is 5.75 Å². The van der Waals surface area contributed by atoms with Gasteiger partial charge < -0.3 is 19.8 Å². The topological polar surface area (TPSA) is 95.8 Å². The zero-order valence-electron chi connectivity index (χ0n) is 19.9. The lowest BCUT2D eigenvalue weighted by Crippen LogP contribution is -2.44. The highest BCUT2D eigenvalue weighted by molar-refractivity contribution is 7.99. The lowest BCUT2D eigenvalue weighted by molar-refractivity contribution is -0.146. The van der Waals surface area contributed by atoms with Crippen LogP contribution in [0.1, 0.15) is 30.9 Å². The van der Waals surface area contributed by atoms with Crippen LogP contribution in [-0.4, -0.2) is 63.5 Å². The molecule has 0 bridgehead atoms. The fourth-order valence-electron chi connectivity index (χ4n) is 4.80. The maximum absolute atomic E-state index is 14.7. The van der Waals surface area contributed by atoms with Crippen LogP contribution in [0.4, 0.5) is 8.78 Å². The maximum Gasteiger partial charge on any atom is 0.308 e. The van der Waals surface area contributed by atoms with Crippen molar-refractivity contribution in [2.75, 3.05) is 32.5 Å². The van der Waals surface area contributed by atoms with Crippen molar-refractivity contribution in [2.24, 2.45) is 11.8 Å². The summed E-state index contributed by atoms with van der Waals surface area (Å²) in [5.41, 5.74) is 0.702. The third kappa shape index (κ3) is 6.11. The van der Waals surface area contributed by atoms with Crippen molar-refractivity contribution in [1.29, 1.82) is 0 Å². The van der Waals surface area contributed by atoms with Gasteiger partial charge in [-0.3, -0.25) is 9.78 Å². The Labute approximate surface area is 212 Å². The molecule has 1 aromatic carbocycles. The number of fused-ring (bicyclic) bond motifs is 1. The van der Waals surface area contributed by atoms with Gasteiger partial charge in [0.05, 0.1) is 30.8 Å². The van der Waals surface area contributed by atoms with Crippen molar-refractivity contribution >= 4 is 28.6 Å². The normalized spacial score (nSPS) is 19.3. The Bertz CT molecular complexity index is 1220. The van der Waals surface area contributed by atoms with Crippen molar-refractivity contribution in [1.82, 2.24) is 14.9 Å². The Hall–Kier alpha value is -2.82. The SMILES string of the molecule is COc1ccc2ncc(F)c([C@H](O)CC[C@H]3CCN(CCSc4ncccc4F)C[C@H]3C(=O)O)c2c1. The van der Waals surface area contributed by atoms with Crippen LogP contribution in [-0.2, 0) is 4.79 Å². The second kappa shape index (κ2) is 11.9. The summed E-state index contributed by atoms with van der Waals surface area (Å²) in [5, 5.41) is 21.6. The number of thioether (sulfide) groups is 1. The van der Waals surface area contributed by atoms with Crippen molar-refractivity contribution < 1.29 is 28.5 Å². The predicted molar refractivity (Wildman–Crippen MR) is 133 cm³/mol. The van der Waals surface area contributed by atoms with Gasteiger partial charge in [0.25, 0.3) is 0 Å². The zero-order valence-corrected chi connectivity index (χ0v) is 20.8. The second-order valence-electron chi connectivity index (χ2n) is 8.93. The molecule has 0 aliphatic carbocycles. The highest BCUT2D eigenvalue weighted by Crippen LogP contribution is 2.35. The predicted octanol–water partition coefficient (Wildman–Crippen LogP) is 4.55. The van der Waals surface area contributed by atoms with Gasteiger partial charge in [0.15, 0.2) is 5.82 Å². The lowest BCUT2D eigenvalue weighted by atomic mass is 9.81. The Morgan fingerprint density at radius 2 is 2.11 bits per heavy atom. The van der Waals surface area contributed by atoms with Crippen LogP contribution in [0.25, 0.3) is 10.9 Å². The molecule has 1 aliphatic heterocycles. The van der Waals surface area contributed by atoms with E-state index in [1.165, 1.54) is 24.9 Å². The fourth-order valence-corrected chi connectivity index (χ4v) is 5.68. The minimum atomic E-state index is -1.10. The molecular weight excluding hydrogens is 488 g/mol. The first kappa shape index (κ1) is 26.2. The standard InChI is InChI=1S/C26H29F2N3O4S/c1-35-17-5-6-22-18(13-17)24(21(28)14-30-22)23(32)7-4-16-8-10-31(15-19(16)26(33)34)11-12-36-25-20(27)3-2-9-29-25/h2-3,5-6,9,13-14,16,19,23,32H,4,7-8,10-12,15H2,1H3,(H,33,34)/t16-,19+,23+/m0/s1. The molecule has 0 spiro atoms. The molecule has 0 saturated carbocycles. The van der Waals surface area contributed by atoms with Gasteiger partial charge >= 0.3 is 5.97 Å². The summed E-state index contributed by atoms with van der Waals surface area (Å²) in [5.74, 6) is -1.45. The number of carbonyl (C=O) groups is 1. The summed E-state index contributed by atoms with van der Waals surface area (Å²) in [6, 6.07) is 7.99. The Balaban J connectivity index is 1.37. The Kier molecular flexibility index (Phi) is 8.71. The van der Waals surface area contributed by atoms with Crippen LogP contribution < -0.4 is 4.74 Å². The highest BCUT2D eigenvalue weighted by atomic mass is 32.2. The minimum absolute atomic E-state index is 0.139. The molecule has 2 N–H and O–H groups in total. The van der Waals surface area contributed by atoms with Gasteiger partial charge in [-0.2, -0.15) is 0 Å². The van der Waals surface area contributed by atoms with E-state index >= 15 is 0 Å². The number of carboxylic acids is 1. The van der Waals surface area contributed by atoms with E-state index in [2.05, 4.69) is 14.9 Å². The molecule has 4 rings (SSSR count). The molecule has 7 nitrogen and oxygen atoms in total. The fraction of sp³-hybridized carbons (Fsp3) is 0.423. The van der Waals surface area contributed by atoms with E-state index in [0.717, 1.165) is 6.20 Å². The molecule has 3 aromatic rings. The number of piperidine rings is 1. The molecule has 3 atom stereocenters. The summed E-state index contributed by atoms with van der Waals surface area (Å²) in [7, 11) is 1.51. The Morgan fingerprint density at radius 1 is 1.28 bits per heavy atom. The number of aromatic nitrogens is 2. The summed E-state index contributed by atoms with van der Waals surface area (Å²) < 4.78 is 33.7. The number of methoxy groups -OCH3 is 1. The summed E-state index contributed by atoms with van der Waals surface area (Å²) in [4.78, 5) is 22.2. The van der Waals surface area contributed by atoms with E-state index < -0.39 is 23.8 Å². The third-order valence-corrected chi connectivity index (χ3v) is 7.70. The van der Waals surface area contributed by atoms with Gasteiger partial charge in [0, 0.05) is 36.0 Å². The molecule has 1 fully saturated rings. The first-order valence-corrected chi connectivity index (χ1v) is 12.8. The van der Waals surface area contributed by atoms with Gasteiger partial charge in [-0.25, -0.2) is 13.8 Å². The number of aliphatic carboxylic acids is 1. The molecule has 1 saturated heterocycles. The molecule has 0 amide bonds. The van der Waals surface area contributed by atoms with E-state index in [9.17, 15) is 23.8 Å². The third-order valence-electron chi connectivity index (χ3n) is 6.74. The van der Waals surface area contributed by atoms with E-state index in [-0.39, 0.29) is 23.7 Å². The monoisotopic (exact) mass is 517 g/mol. The van der Waals surface area contributed by atoms with E-state index in [1.54, 1.807) is 30.5 Å².